The number of amides is 2. The van der Waals surface area contributed by atoms with Gasteiger partial charge in [0.25, 0.3) is 15.9 Å². The minimum Gasteiger partial charge on any atom is -0.494 e. The summed E-state index contributed by atoms with van der Waals surface area (Å²) in [5.74, 6) is -0.363. The second-order valence-electron chi connectivity index (χ2n) is 8.95. The average Bonchev–Trinajstić information content (AvgIpc) is 3.23. The second kappa shape index (κ2) is 8.66. The van der Waals surface area contributed by atoms with Gasteiger partial charge in [-0.3, -0.25) is 9.59 Å². The summed E-state index contributed by atoms with van der Waals surface area (Å²) < 4.78 is 34.0. The topological polar surface area (TPSA) is 106 Å². The van der Waals surface area contributed by atoms with E-state index in [0.29, 0.717) is 35.5 Å². The quantitative estimate of drug-likeness (QED) is 0.531. The molecule has 180 valence electrons. The van der Waals surface area contributed by atoms with Crippen molar-refractivity contribution in [1.29, 1.82) is 0 Å². The maximum absolute atomic E-state index is 13.4. The molecule has 1 aliphatic rings. The van der Waals surface area contributed by atoms with Crippen LogP contribution in [0.4, 0.5) is 0 Å². The van der Waals surface area contributed by atoms with Crippen LogP contribution in [0.5, 0.6) is 5.75 Å². The molecule has 4 rings (SSSR count). The SMILES string of the molecule is CCOc1ccc2nc(S(=O)(=O)NC(=O)C3(C)CCN3C(=O)C(C)(C)c3ccccc3)sc2c1. The van der Waals surface area contributed by atoms with Crippen LogP contribution in [0, 0.1) is 0 Å². The van der Waals surface area contributed by atoms with Crippen LogP contribution in [0.3, 0.4) is 0 Å². The molecule has 0 spiro atoms. The zero-order valence-corrected chi connectivity index (χ0v) is 21.1. The Morgan fingerprint density at radius 1 is 1.21 bits per heavy atom. The fourth-order valence-corrected chi connectivity index (χ4v) is 6.30. The molecule has 0 saturated carbocycles. The van der Waals surface area contributed by atoms with Crippen molar-refractivity contribution >= 4 is 43.4 Å². The molecule has 34 heavy (non-hydrogen) atoms. The van der Waals surface area contributed by atoms with Crippen LogP contribution in [0.25, 0.3) is 10.2 Å². The van der Waals surface area contributed by atoms with Gasteiger partial charge in [0, 0.05) is 6.54 Å². The van der Waals surface area contributed by atoms with Crippen LogP contribution in [0.2, 0.25) is 0 Å². The van der Waals surface area contributed by atoms with Crippen molar-refractivity contribution in [2.24, 2.45) is 0 Å². The lowest BCUT2D eigenvalue weighted by molar-refractivity contribution is -0.160. The first-order chi connectivity index (χ1) is 16.0. The molecule has 1 unspecified atom stereocenters. The van der Waals surface area contributed by atoms with Crippen LogP contribution in [0.15, 0.2) is 52.9 Å². The first kappa shape index (κ1) is 24.2. The third kappa shape index (κ3) is 4.16. The van der Waals surface area contributed by atoms with Crippen molar-refractivity contribution in [3.05, 3.63) is 54.1 Å². The van der Waals surface area contributed by atoms with Gasteiger partial charge in [0.05, 0.1) is 22.2 Å². The van der Waals surface area contributed by atoms with Gasteiger partial charge in [-0.15, -0.1) is 11.3 Å². The molecule has 0 aliphatic carbocycles. The van der Waals surface area contributed by atoms with Gasteiger partial charge >= 0.3 is 0 Å². The molecule has 1 aromatic heterocycles. The molecule has 3 aromatic rings. The molecule has 2 amide bonds. The minimum atomic E-state index is -4.21. The van der Waals surface area contributed by atoms with Crippen LogP contribution in [0.1, 0.15) is 39.7 Å². The molecule has 10 heteroatoms. The number of thiazole rings is 1. The van der Waals surface area contributed by atoms with E-state index in [1.165, 1.54) is 4.90 Å². The zero-order chi connectivity index (χ0) is 24.7. The van der Waals surface area contributed by atoms with Gasteiger partial charge in [-0.05, 0) is 57.9 Å². The maximum Gasteiger partial charge on any atom is 0.291 e. The van der Waals surface area contributed by atoms with Crippen LogP contribution >= 0.6 is 11.3 Å². The number of hydrogen-bond donors (Lipinski definition) is 1. The first-order valence-electron chi connectivity index (χ1n) is 11.0. The Bertz CT molecular complexity index is 1350. The summed E-state index contributed by atoms with van der Waals surface area (Å²) in [4.78, 5) is 32.2. The predicted molar refractivity (Wildman–Crippen MR) is 130 cm³/mol. The molecule has 1 N–H and O–H groups in total. The van der Waals surface area contributed by atoms with Gasteiger partial charge in [0.2, 0.25) is 10.2 Å². The lowest BCUT2D eigenvalue weighted by Gasteiger charge is -2.51. The summed E-state index contributed by atoms with van der Waals surface area (Å²) >= 11 is 0.957. The number of nitrogens with one attached hydrogen (secondary N) is 1. The normalized spacial score (nSPS) is 18.4. The van der Waals surface area contributed by atoms with Crippen molar-refractivity contribution in [3.8, 4) is 5.75 Å². The molecule has 1 atom stereocenters. The van der Waals surface area contributed by atoms with Crippen molar-refractivity contribution in [2.75, 3.05) is 13.2 Å². The molecule has 2 aromatic carbocycles. The predicted octanol–water partition coefficient (Wildman–Crippen LogP) is 3.47. The number of nitrogens with zero attached hydrogens (tertiary/aromatic N) is 2. The van der Waals surface area contributed by atoms with E-state index >= 15 is 0 Å². The van der Waals surface area contributed by atoms with Gasteiger partial charge in [0.1, 0.15) is 11.3 Å². The summed E-state index contributed by atoms with van der Waals surface area (Å²) in [5.41, 5.74) is -0.816. The highest BCUT2D eigenvalue weighted by Gasteiger charge is 2.53. The smallest absolute Gasteiger partial charge is 0.291 e. The maximum atomic E-state index is 13.4. The standard InChI is InChI=1S/C24H27N3O5S2/c1-5-32-17-11-12-18-19(15-17)33-22(25-18)34(30,31)26-20(28)24(4)13-14-27(24)21(29)23(2,3)16-9-7-6-8-10-16/h6-12,15H,5,13-14H2,1-4H3,(H,26,28). The fraction of sp³-hybridized carbons (Fsp3) is 0.375. The van der Waals surface area contributed by atoms with Gasteiger partial charge in [-0.25, -0.2) is 9.71 Å². The zero-order valence-electron chi connectivity index (χ0n) is 19.5. The van der Waals surface area contributed by atoms with Crippen molar-refractivity contribution in [1.82, 2.24) is 14.6 Å². The minimum absolute atomic E-state index is 0.213. The summed E-state index contributed by atoms with van der Waals surface area (Å²) in [5, 5.41) is 0. The molecule has 0 radical (unpaired) electrons. The molecule has 1 fully saturated rings. The van der Waals surface area contributed by atoms with E-state index in [4.69, 9.17) is 4.74 Å². The lowest BCUT2D eigenvalue weighted by atomic mass is 9.78. The van der Waals surface area contributed by atoms with E-state index in [1.54, 1.807) is 39.0 Å². The number of carbonyl (C=O) groups is 2. The average molecular weight is 502 g/mol. The summed E-state index contributed by atoms with van der Waals surface area (Å²) in [7, 11) is -4.21. The number of ether oxygens (including phenoxy) is 1. The van der Waals surface area contributed by atoms with E-state index in [9.17, 15) is 18.0 Å². The van der Waals surface area contributed by atoms with Crippen LogP contribution < -0.4 is 9.46 Å². The highest BCUT2D eigenvalue weighted by Crippen LogP contribution is 2.37. The highest BCUT2D eigenvalue weighted by molar-refractivity contribution is 7.92. The number of carbonyl (C=O) groups excluding carboxylic acids is 2. The number of likely N-dealkylation sites (tertiary alicyclic amines) is 1. The molecule has 0 bridgehead atoms. The van der Waals surface area contributed by atoms with E-state index in [0.717, 1.165) is 16.9 Å². The lowest BCUT2D eigenvalue weighted by Crippen LogP contribution is -2.69. The van der Waals surface area contributed by atoms with Gasteiger partial charge in [-0.2, -0.15) is 8.42 Å². The summed E-state index contributed by atoms with van der Waals surface area (Å²) in [6, 6.07) is 14.4. The Balaban J connectivity index is 1.54. The third-order valence-electron chi connectivity index (χ3n) is 6.29. The number of rotatable bonds is 7. The summed E-state index contributed by atoms with van der Waals surface area (Å²) in [6.45, 7) is 7.91. The first-order valence-corrected chi connectivity index (χ1v) is 13.3. The monoisotopic (exact) mass is 501 g/mol. The Kier molecular flexibility index (Phi) is 6.15. The molecular formula is C24H27N3O5S2. The van der Waals surface area contributed by atoms with E-state index in [-0.39, 0.29) is 10.2 Å². The van der Waals surface area contributed by atoms with Gasteiger partial charge < -0.3 is 9.64 Å². The number of hydrogen-bond acceptors (Lipinski definition) is 7. The Labute approximate surface area is 203 Å². The van der Waals surface area contributed by atoms with Gasteiger partial charge in [0.15, 0.2) is 0 Å². The van der Waals surface area contributed by atoms with E-state index in [2.05, 4.69) is 9.71 Å². The Hall–Kier alpha value is -2.98. The number of aromatic nitrogens is 1. The molecular weight excluding hydrogens is 474 g/mol. The molecule has 1 aliphatic heterocycles. The van der Waals surface area contributed by atoms with Crippen LogP contribution in [-0.2, 0) is 25.0 Å². The summed E-state index contributed by atoms with van der Waals surface area (Å²) in [6.07, 6.45) is 0.364. The largest absolute Gasteiger partial charge is 0.494 e. The third-order valence-corrected chi connectivity index (χ3v) is 9.02. The highest BCUT2D eigenvalue weighted by atomic mass is 32.2. The molecule has 2 heterocycles. The van der Waals surface area contributed by atoms with Crippen LogP contribution in [-0.4, -0.2) is 48.8 Å². The van der Waals surface area contributed by atoms with Crippen molar-refractivity contribution < 1.29 is 22.7 Å². The number of sulfonamides is 1. The van der Waals surface area contributed by atoms with E-state index < -0.39 is 26.9 Å². The second-order valence-corrected chi connectivity index (χ2v) is 11.8. The molecule has 8 nitrogen and oxygen atoms in total. The Morgan fingerprint density at radius 3 is 2.53 bits per heavy atom. The Morgan fingerprint density at radius 2 is 1.91 bits per heavy atom. The number of benzene rings is 2. The van der Waals surface area contributed by atoms with E-state index in [1.807, 2.05) is 37.3 Å². The van der Waals surface area contributed by atoms with Gasteiger partial charge in [-0.1, -0.05) is 30.3 Å². The van der Waals surface area contributed by atoms with Crippen molar-refractivity contribution in [3.63, 3.8) is 0 Å². The van der Waals surface area contributed by atoms with Crippen molar-refractivity contribution in [2.45, 2.75) is 49.4 Å². The molecule has 1 saturated heterocycles. The number of fused-ring (bicyclic) bond motifs is 1. The fourth-order valence-electron chi connectivity index (χ4n) is 3.97.